The topological polar surface area (TPSA) is 62.5 Å². The second-order valence-electron chi connectivity index (χ2n) is 0.603. The van der Waals surface area contributed by atoms with Gasteiger partial charge in [-0.2, -0.15) is 0 Å². The van der Waals surface area contributed by atoms with Crippen LogP contribution in [0.25, 0.3) is 0 Å². The third kappa shape index (κ3) is 9.25. The first kappa shape index (κ1) is 10.7. The van der Waals surface area contributed by atoms with Gasteiger partial charge in [-0.15, -0.1) is 0 Å². The highest BCUT2D eigenvalue weighted by molar-refractivity contribution is 7.40. The van der Waals surface area contributed by atoms with Gasteiger partial charge >= 0.3 is 8.60 Å². The lowest BCUT2D eigenvalue weighted by atomic mass is 11.8. The summed E-state index contributed by atoms with van der Waals surface area (Å²) in [4.78, 5) is 8.29. The largest absolute Gasteiger partial charge is 0.512 e. The lowest BCUT2D eigenvalue weighted by Gasteiger charge is -1.98. The average Bonchev–Trinajstić information content (AvgIpc) is 1.91. The smallest absolute Gasteiger partial charge is 0.329 e. The molecule has 0 rings (SSSR count). The quantitative estimate of drug-likeness (QED) is 0.445. The van der Waals surface area contributed by atoms with Gasteiger partial charge in [0.05, 0.1) is 0 Å². The van der Waals surface area contributed by atoms with Crippen LogP contribution in [0.5, 0.6) is 0 Å². The Kier molecular flexibility index (Phi) is 13.3. The monoisotopic (exact) mass is 136 g/mol. The van der Waals surface area contributed by atoms with E-state index in [4.69, 9.17) is 16.7 Å². The second kappa shape index (κ2) is 9.93. The maximum atomic E-state index is 8.29. The molecular weight excluding hydrogens is 129 g/mol. The standard InChI is InChI=1S/C2H7O3P.CN/c1-4-6(3)5-2;1-2/h3H,1-2H3;/q;-1. The molecule has 0 aliphatic carbocycles. The van der Waals surface area contributed by atoms with Crippen LogP contribution in [0.15, 0.2) is 0 Å². The molecule has 0 saturated carbocycles. The fourth-order valence-corrected chi connectivity index (χ4v) is 0.224. The first-order valence-electron chi connectivity index (χ1n) is 1.61. The number of hydrogen-bond donors (Lipinski definition) is 1. The third-order valence-corrected chi connectivity index (χ3v) is 0.937. The van der Waals surface area contributed by atoms with E-state index in [-0.39, 0.29) is 0 Å². The molecule has 0 amide bonds. The van der Waals surface area contributed by atoms with Gasteiger partial charge < -0.3 is 25.8 Å². The van der Waals surface area contributed by atoms with Gasteiger partial charge in [0.25, 0.3) is 0 Å². The van der Waals surface area contributed by atoms with Gasteiger partial charge in [-0.25, -0.2) is 0 Å². The van der Waals surface area contributed by atoms with Gasteiger partial charge in [-0.05, 0) is 0 Å². The van der Waals surface area contributed by atoms with E-state index in [1.165, 1.54) is 14.2 Å². The summed E-state index contributed by atoms with van der Waals surface area (Å²) in [5, 5.41) is 6.25. The van der Waals surface area contributed by atoms with Crippen LogP contribution < -0.4 is 0 Å². The van der Waals surface area contributed by atoms with Crippen LogP contribution in [0.3, 0.4) is 0 Å². The van der Waals surface area contributed by atoms with Crippen molar-refractivity contribution in [2.24, 2.45) is 0 Å². The molecule has 4 nitrogen and oxygen atoms in total. The molecule has 0 heterocycles. The molecular formula is C3H7NO3P-. The molecule has 0 aliphatic rings. The maximum Gasteiger partial charge on any atom is 0.329 e. The van der Waals surface area contributed by atoms with E-state index in [0.717, 1.165) is 0 Å². The maximum absolute atomic E-state index is 8.29. The summed E-state index contributed by atoms with van der Waals surface area (Å²) in [6.07, 6.45) is 0. The summed E-state index contributed by atoms with van der Waals surface area (Å²) < 4.78 is 8.59. The minimum atomic E-state index is -1.58. The van der Waals surface area contributed by atoms with Crippen LogP contribution in [0.2, 0.25) is 0 Å². The van der Waals surface area contributed by atoms with Crippen LogP contribution in [0.4, 0.5) is 0 Å². The molecule has 0 atom stereocenters. The van der Waals surface area contributed by atoms with E-state index in [1.807, 2.05) is 0 Å². The zero-order chi connectivity index (χ0) is 6.99. The zero-order valence-electron chi connectivity index (χ0n) is 4.66. The van der Waals surface area contributed by atoms with Crippen molar-refractivity contribution in [3.63, 3.8) is 0 Å². The minimum absolute atomic E-state index is 1.38. The highest BCUT2D eigenvalue weighted by Crippen LogP contribution is 2.28. The zero-order valence-corrected chi connectivity index (χ0v) is 5.55. The van der Waals surface area contributed by atoms with Crippen molar-refractivity contribution in [3.8, 4) is 0 Å². The van der Waals surface area contributed by atoms with Crippen LogP contribution in [-0.2, 0) is 9.05 Å². The Morgan fingerprint density at radius 3 is 1.62 bits per heavy atom. The summed E-state index contributed by atoms with van der Waals surface area (Å²) in [5.41, 5.74) is 0. The van der Waals surface area contributed by atoms with Crippen molar-refractivity contribution in [2.45, 2.75) is 0 Å². The number of hydrogen-bond acceptors (Lipinski definition) is 4. The molecule has 0 unspecified atom stereocenters. The molecule has 0 fully saturated rings. The lowest BCUT2D eigenvalue weighted by molar-refractivity contribution is 0.271. The Bertz CT molecular complexity index is 53.7. The number of nitrogens with zero attached hydrogens (tertiary/aromatic N) is 1. The predicted octanol–water partition coefficient (Wildman–Crippen LogP) is 0.595. The van der Waals surface area contributed by atoms with Crippen LogP contribution in [0, 0.1) is 11.8 Å². The van der Waals surface area contributed by atoms with E-state index < -0.39 is 8.60 Å². The first-order valence-corrected chi connectivity index (χ1v) is 2.74. The van der Waals surface area contributed by atoms with E-state index in [0.29, 0.717) is 0 Å². The molecule has 5 heteroatoms. The van der Waals surface area contributed by atoms with Gasteiger partial charge in [0.2, 0.25) is 0 Å². The lowest BCUT2D eigenvalue weighted by Crippen LogP contribution is -1.75. The Labute approximate surface area is 49.6 Å². The second-order valence-corrected chi connectivity index (χ2v) is 1.81. The van der Waals surface area contributed by atoms with Crippen molar-refractivity contribution in [2.75, 3.05) is 14.2 Å². The average molecular weight is 136 g/mol. The summed E-state index contributed by atoms with van der Waals surface area (Å²) in [5.74, 6) is 0. The molecule has 0 bridgehead atoms. The van der Waals surface area contributed by atoms with E-state index >= 15 is 0 Å². The van der Waals surface area contributed by atoms with Gasteiger partial charge in [-0.1, -0.05) is 0 Å². The molecule has 0 radical (unpaired) electrons. The van der Waals surface area contributed by atoms with Crippen molar-refractivity contribution in [1.82, 2.24) is 0 Å². The molecule has 0 saturated heterocycles. The van der Waals surface area contributed by atoms with Crippen LogP contribution >= 0.6 is 8.60 Å². The molecule has 0 aromatic rings. The van der Waals surface area contributed by atoms with E-state index in [1.54, 1.807) is 0 Å². The van der Waals surface area contributed by atoms with Crippen molar-refractivity contribution < 1.29 is 13.9 Å². The fourth-order valence-electron chi connectivity index (χ4n) is 0.0745. The van der Waals surface area contributed by atoms with Gasteiger partial charge in [0.15, 0.2) is 0 Å². The molecule has 1 N–H and O–H groups in total. The van der Waals surface area contributed by atoms with Gasteiger partial charge in [0, 0.05) is 14.2 Å². The van der Waals surface area contributed by atoms with Crippen LogP contribution in [0.1, 0.15) is 0 Å². The Morgan fingerprint density at radius 2 is 1.62 bits per heavy atom. The summed E-state index contributed by atoms with van der Waals surface area (Å²) in [6, 6.07) is 0. The molecule has 0 spiro atoms. The fraction of sp³-hybridized carbons (Fsp3) is 0.667. The normalized spacial score (nSPS) is 7.75. The Hall–Kier alpha value is -0.200. The van der Waals surface area contributed by atoms with E-state index in [9.17, 15) is 0 Å². The molecule has 0 aromatic carbocycles. The molecule has 48 valence electrons. The molecule has 8 heavy (non-hydrogen) atoms. The Morgan fingerprint density at radius 1 is 1.38 bits per heavy atom. The predicted molar refractivity (Wildman–Crippen MR) is 28.1 cm³/mol. The van der Waals surface area contributed by atoms with Crippen molar-refractivity contribution in [1.29, 1.82) is 5.26 Å². The van der Waals surface area contributed by atoms with Gasteiger partial charge in [-0.3, -0.25) is 0 Å². The van der Waals surface area contributed by atoms with Crippen molar-refractivity contribution >= 4 is 8.60 Å². The first-order chi connectivity index (χ1) is 3.81. The summed E-state index contributed by atoms with van der Waals surface area (Å²) >= 11 is 0. The highest BCUT2D eigenvalue weighted by atomic mass is 31.2. The van der Waals surface area contributed by atoms with Gasteiger partial charge in [0.1, 0.15) is 0 Å². The van der Waals surface area contributed by atoms with E-state index in [2.05, 4.69) is 9.05 Å². The number of rotatable bonds is 2. The SMILES string of the molecule is COP(O)OC.[C-]#N. The Balaban J connectivity index is 0. The summed E-state index contributed by atoms with van der Waals surface area (Å²) in [6.45, 7) is 4.75. The highest BCUT2D eigenvalue weighted by Gasteiger charge is 1.94. The molecule has 0 aromatic heterocycles. The molecule has 0 aliphatic heterocycles. The third-order valence-electron chi connectivity index (χ3n) is 0.312. The van der Waals surface area contributed by atoms with Crippen LogP contribution in [-0.4, -0.2) is 19.1 Å². The minimum Gasteiger partial charge on any atom is -0.512 e. The summed E-state index contributed by atoms with van der Waals surface area (Å²) in [7, 11) is 1.19. The van der Waals surface area contributed by atoms with Crippen molar-refractivity contribution in [3.05, 3.63) is 6.57 Å².